The molecular weight excluding hydrogens is 248 g/mol. The van der Waals surface area contributed by atoms with Crippen LogP contribution >= 0.6 is 0 Å². The van der Waals surface area contributed by atoms with Crippen LogP contribution in [-0.2, 0) is 15.1 Å². The first kappa shape index (κ1) is 13.9. The van der Waals surface area contributed by atoms with Crippen LogP contribution in [0.2, 0.25) is 0 Å². The lowest BCUT2D eigenvalue weighted by Gasteiger charge is -2.24. The molecule has 0 saturated heterocycles. The maximum absolute atomic E-state index is 12.0. The molecule has 0 aliphatic heterocycles. The monoisotopic (exact) mass is 259 g/mol. The van der Waals surface area contributed by atoms with Gasteiger partial charge in [-0.2, -0.15) is 8.78 Å². The fourth-order valence-electron chi connectivity index (χ4n) is 1.37. The summed E-state index contributed by atoms with van der Waals surface area (Å²) in [5.41, 5.74) is -1.58. The SMILES string of the molecule is CC(NC=O)(C(=O)O)c1cccc(OC(F)F)c1. The summed E-state index contributed by atoms with van der Waals surface area (Å²) in [4.78, 5) is 21.6. The highest BCUT2D eigenvalue weighted by Gasteiger charge is 2.35. The number of halogens is 2. The predicted molar refractivity (Wildman–Crippen MR) is 57.3 cm³/mol. The zero-order chi connectivity index (χ0) is 13.8. The van der Waals surface area contributed by atoms with Crippen LogP contribution in [-0.4, -0.2) is 24.1 Å². The van der Waals surface area contributed by atoms with E-state index >= 15 is 0 Å². The molecule has 18 heavy (non-hydrogen) atoms. The van der Waals surface area contributed by atoms with Gasteiger partial charge in [-0.1, -0.05) is 12.1 Å². The average molecular weight is 259 g/mol. The third-order valence-electron chi connectivity index (χ3n) is 2.41. The van der Waals surface area contributed by atoms with E-state index < -0.39 is 18.1 Å². The van der Waals surface area contributed by atoms with Gasteiger partial charge in [0.2, 0.25) is 6.41 Å². The minimum atomic E-state index is -3.00. The first-order chi connectivity index (χ1) is 8.40. The molecule has 0 radical (unpaired) electrons. The molecule has 1 aromatic rings. The number of amides is 1. The number of carbonyl (C=O) groups excluding carboxylic acids is 1. The Hall–Kier alpha value is -2.18. The van der Waals surface area contributed by atoms with Crippen LogP contribution < -0.4 is 10.1 Å². The smallest absolute Gasteiger partial charge is 0.387 e. The van der Waals surface area contributed by atoms with E-state index in [2.05, 4.69) is 10.1 Å². The van der Waals surface area contributed by atoms with Gasteiger partial charge in [-0.15, -0.1) is 0 Å². The standard InChI is InChI=1S/C11H11F2NO4/c1-11(9(16)17,14-6-15)7-3-2-4-8(5-7)18-10(12)13/h2-6,10H,1H3,(H,14,15)(H,16,17). The lowest BCUT2D eigenvalue weighted by atomic mass is 9.92. The molecule has 0 aliphatic rings. The molecule has 0 aromatic heterocycles. The summed E-state index contributed by atoms with van der Waals surface area (Å²) < 4.78 is 28.3. The number of alkyl halides is 2. The maximum Gasteiger partial charge on any atom is 0.387 e. The third-order valence-corrected chi connectivity index (χ3v) is 2.41. The van der Waals surface area contributed by atoms with Crippen molar-refractivity contribution in [2.24, 2.45) is 0 Å². The minimum Gasteiger partial charge on any atom is -0.479 e. The molecule has 0 bridgehead atoms. The molecule has 0 spiro atoms. The number of aliphatic carboxylic acids is 1. The van der Waals surface area contributed by atoms with Gasteiger partial charge in [-0.25, -0.2) is 4.79 Å². The van der Waals surface area contributed by atoms with Crippen molar-refractivity contribution in [3.8, 4) is 5.75 Å². The van der Waals surface area contributed by atoms with Gasteiger partial charge in [0, 0.05) is 0 Å². The van der Waals surface area contributed by atoms with Gasteiger partial charge in [0.1, 0.15) is 5.75 Å². The lowest BCUT2D eigenvalue weighted by Crippen LogP contribution is -2.45. The Morgan fingerprint density at radius 3 is 2.72 bits per heavy atom. The van der Waals surface area contributed by atoms with Gasteiger partial charge >= 0.3 is 12.6 Å². The van der Waals surface area contributed by atoms with Gasteiger partial charge in [-0.05, 0) is 24.6 Å². The molecule has 0 fully saturated rings. The Morgan fingerprint density at radius 1 is 1.56 bits per heavy atom. The molecule has 1 amide bonds. The Bertz CT molecular complexity index is 452. The van der Waals surface area contributed by atoms with Crippen LogP contribution in [0.3, 0.4) is 0 Å². The summed E-state index contributed by atoms with van der Waals surface area (Å²) in [6.45, 7) is -1.76. The molecule has 7 heteroatoms. The Balaban J connectivity index is 3.13. The van der Waals surface area contributed by atoms with E-state index in [0.717, 1.165) is 6.07 Å². The Morgan fingerprint density at radius 2 is 2.22 bits per heavy atom. The molecule has 0 saturated carbocycles. The van der Waals surface area contributed by atoms with Gasteiger partial charge in [0.15, 0.2) is 5.54 Å². The summed E-state index contributed by atoms with van der Waals surface area (Å²) >= 11 is 0. The fourth-order valence-corrected chi connectivity index (χ4v) is 1.37. The molecule has 1 aromatic carbocycles. The fraction of sp³-hybridized carbons (Fsp3) is 0.273. The van der Waals surface area contributed by atoms with Gasteiger partial charge in [0.25, 0.3) is 0 Å². The summed E-state index contributed by atoms with van der Waals surface area (Å²) in [5.74, 6) is -1.49. The summed E-state index contributed by atoms with van der Waals surface area (Å²) in [5, 5.41) is 11.2. The zero-order valence-electron chi connectivity index (χ0n) is 9.39. The summed E-state index contributed by atoms with van der Waals surface area (Å²) in [6.07, 6.45) is 0.231. The van der Waals surface area contributed by atoms with E-state index in [1.807, 2.05) is 0 Å². The normalized spacial score (nSPS) is 13.8. The first-order valence-electron chi connectivity index (χ1n) is 4.90. The van der Waals surface area contributed by atoms with Crippen molar-refractivity contribution >= 4 is 12.4 Å². The second-order valence-electron chi connectivity index (χ2n) is 3.60. The van der Waals surface area contributed by atoms with Crippen LogP contribution in [0.5, 0.6) is 5.75 Å². The van der Waals surface area contributed by atoms with Crippen molar-refractivity contribution in [3.63, 3.8) is 0 Å². The Labute approximate surface area is 101 Å². The number of ether oxygens (including phenoxy) is 1. The molecule has 0 heterocycles. The predicted octanol–water partition coefficient (Wildman–Crippen LogP) is 1.33. The van der Waals surface area contributed by atoms with Gasteiger partial charge < -0.3 is 15.2 Å². The average Bonchev–Trinajstić information content (AvgIpc) is 2.28. The maximum atomic E-state index is 12.0. The number of carbonyl (C=O) groups is 2. The van der Waals surface area contributed by atoms with Crippen molar-refractivity contribution in [2.75, 3.05) is 0 Å². The largest absolute Gasteiger partial charge is 0.479 e. The quantitative estimate of drug-likeness (QED) is 0.756. The number of rotatable bonds is 6. The molecule has 1 rings (SSSR count). The van der Waals surface area contributed by atoms with Crippen molar-refractivity contribution in [3.05, 3.63) is 29.8 Å². The van der Waals surface area contributed by atoms with Crippen molar-refractivity contribution in [2.45, 2.75) is 19.1 Å². The summed E-state index contributed by atoms with van der Waals surface area (Å²) in [6, 6.07) is 5.15. The van der Waals surface area contributed by atoms with E-state index in [-0.39, 0.29) is 17.7 Å². The minimum absolute atomic E-state index is 0.125. The number of hydrogen-bond donors (Lipinski definition) is 2. The molecule has 5 nitrogen and oxygen atoms in total. The third kappa shape index (κ3) is 2.93. The van der Waals surface area contributed by atoms with E-state index in [4.69, 9.17) is 5.11 Å². The van der Waals surface area contributed by atoms with Crippen LogP contribution in [0, 0.1) is 0 Å². The Kier molecular flexibility index (Phi) is 4.19. The van der Waals surface area contributed by atoms with E-state index in [1.165, 1.54) is 25.1 Å². The van der Waals surface area contributed by atoms with E-state index in [0.29, 0.717) is 0 Å². The highest BCUT2D eigenvalue weighted by molar-refractivity contribution is 5.82. The van der Waals surface area contributed by atoms with Crippen LogP contribution in [0.1, 0.15) is 12.5 Å². The number of benzene rings is 1. The van der Waals surface area contributed by atoms with E-state index in [1.54, 1.807) is 0 Å². The zero-order valence-corrected chi connectivity index (χ0v) is 9.39. The van der Waals surface area contributed by atoms with Crippen molar-refractivity contribution < 1.29 is 28.2 Å². The number of carboxylic acids is 1. The van der Waals surface area contributed by atoms with Crippen LogP contribution in [0.25, 0.3) is 0 Å². The van der Waals surface area contributed by atoms with Gasteiger partial charge in [0.05, 0.1) is 0 Å². The molecule has 0 aliphatic carbocycles. The number of carboxylic acid groups (broad SMARTS) is 1. The molecule has 98 valence electrons. The lowest BCUT2D eigenvalue weighted by molar-refractivity contribution is -0.145. The highest BCUT2D eigenvalue weighted by atomic mass is 19.3. The molecule has 2 N–H and O–H groups in total. The van der Waals surface area contributed by atoms with Crippen molar-refractivity contribution in [1.29, 1.82) is 0 Å². The highest BCUT2D eigenvalue weighted by Crippen LogP contribution is 2.25. The van der Waals surface area contributed by atoms with E-state index in [9.17, 15) is 18.4 Å². The first-order valence-corrected chi connectivity index (χ1v) is 4.90. The molecule has 1 unspecified atom stereocenters. The molecular formula is C11H11F2NO4. The number of nitrogens with one attached hydrogen (secondary N) is 1. The van der Waals surface area contributed by atoms with Gasteiger partial charge in [-0.3, -0.25) is 4.79 Å². The van der Waals surface area contributed by atoms with Crippen LogP contribution in [0.15, 0.2) is 24.3 Å². The molecule has 1 atom stereocenters. The summed E-state index contributed by atoms with van der Waals surface area (Å²) in [7, 11) is 0. The van der Waals surface area contributed by atoms with Crippen LogP contribution in [0.4, 0.5) is 8.78 Å². The second-order valence-corrected chi connectivity index (χ2v) is 3.60. The second kappa shape index (κ2) is 5.44. The van der Waals surface area contributed by atoms with Crippen molar-refractivity contribution in [1.82, 2.24) is 5.32 Å². The topological polar surface area (TPSA) is 75.6 Å². The number of hydrogen-bond acceptors (Lipinski definition) is 3.